The maximum Gasteiger partial charge on any atom is 0.473 e. The molecule has 0 aromatic heterocycles. The van der Waals surface area contributed by atoms with Gasteiger partial charge in [-0.05, 0) is 237 Å². The van der Waals surface area contributed by atoms with Gasteiger partial charge in [0.1, 0.15) is 53.9 Å². The van der Waals surface area contributed by atoms with Crippen LogP contribution in [0.3, 0.4) is 0 Å². The summed E-state index contributed by atoms with van der Waals surface area (Å²) in [5.74, 6) is -2.84. The number of ether oxygens (including phenoxy) is 9. The highest BCUT2D eigenvalue weighted by molar-refractivity contribution is 7.47. The SMILES string of the molecule is C.C.C.CC(C)(C)Nc1cc(COP(=O)(O)OC(C)(C)C)ccc1OC1OC(C(=O)O)C(O)C(O)C1O.CC(C)(C)Nc1ccc(COC(C)(C)C)cc1.CC1C(Oc2ccc(COC(C)(C)C)cc2NC(C)(C)C)OC(C(=O)O)C(O)C1O.CC1C(Oc2ccc(COC(C)(C)C)cc2NC(C)(C)C)OC(CO)C(O)C1O. The number of anilines is 4. The van der Waals surface area contributed by atoms with E-state index in [1.807, 2.05) is 113 Å². The maximum atomic E-state index is 12.2. The van der Waals surface area contributed by atoms with E-state index in [-0.39, 0.29) is 68.1 Å². The van der Waals surface area contributed by atoms with Crippen LogP contribution >= 0.6 is 7.82 Å². The van der Waals surface area contributed by atoms with Gasteiger partial charge in [0.05, 0.1) is 84.7 Å². The number of phosphoric acid groups is 1. The van der Waals surface area contributed by atoms with Gasteiger partial charge in [0.15, 0.2) is 12.2 Å². The van der Waals surface area contributed by atoms with Gasteiger partial charge in [0.25, 0.3) is 0 Å². The predicted octanol–water partition coefficient (Wildman–Crippen LogP) is 13.1. The topological polar surface area (TPSA) is 423 Å². The fourth-order valence-corrected chi connectivity index (χ4v) is 11.6. The number of hydrogen-bond acceptors (Lipinski definition) is 26. The Morgan fingerprint density at radius 1 is 0.398 bits per heavy atom. The molecule has 3 aliphatic rings. The highest BCUT2D eigenvalue weighted by Gasteiger charge is 2.50. The number of nitrogens with one attached hydrogen (secondary N) is 4. The second-order valence-electron chi connectivity index (χ2n) is 36.1. The van der Waals surface area contributed by atoms with Crippen LogP contribution in [0.5, 0.6) is 17.2 Å². The molecule has 4 aromatic carbocycles. The number of phosphoric ester groups is 1. The molecule has 15 N–H and O–H groups in total. The van der Waals surface area contributed by atoms with Crippen LogP contribution in [-0.4, -0.2) is 199 Å². The monoisotopic (exact) mass is 1630 g/mol. The number of aliphatic carboxylic acids is 2. The number of aliphatic hydroxyl groups is 8. The van der Waals surface area contributed by atoms with Gasteiger partial charge in [-0.15, -0.1) is 0 Å². The van der Waals surface area contributed by atoms with Crippen molar-refractivity contribution in [3.63, 3.8) is 0 Å². The van der Waals surface area contributed by atoms with Gasteiger partial charge in [0.2, 0.25) is 18.9 Å². The summed E-state index contributed by atoms with van der Waals surface area (Å²) in [6.07, 6.45) is -18.1. The summed E-state index contributed by atoms with van der Waals surface area (Å²) in [7, 11) is -4.33. The number of carboxylic acid groups (broad SMARTS) is 2. The molecule has 650 valence electrons. The maximum absolute atomic E-state index is 12.2. The Bertz CT molecular complexity index is 3570. The first-order valence-corrected chi connectivity index (χ1v) is 38.5. The number of aliphatic hydroxyl groups excluding tert-OH is 8. The van der Waals surface area contributed by atoms with Crippen molar-refractivity contribution in [3.05, 3.63) is 101 Å². The lowest BCUT2D eigenvalue weighted by molar-refractivity contribution is -0.271. The zero-order valence-corrected chi connectivity index (χ0v) is 70.2. The molecule has 0 radical (unpaired) electrons. The molecule has 0 aliphatic carbocycles. The molecule has 0 bridgehead atoms. The van der Waals surface area contributed by atoms with Crippen molar-refractivity contribution >= 4 is 42.5 Å². The highest BCUT2D eigenvalue weighted by Crippen LogP contribution is 2.48. The van der Waals surface area contributed by atoms with E-state index in [1.54, 1.807) is 46.8 Å². The molecule has 0 amide bonds. The van der Waals surface area contributed by atoms with Crippen LogP contribution in [0, 0.1) is 11.8 Å². The summed E-state index contributed by atoms with van der Waals surface area (Å²) in [4.78, 5) is 32.6. The smallest absolute Gasteiger partial charge is 0.473 e. The second-order valence-corrected chi connectivity index (χ2v) is 37.5. The lowest BCUT2D eigenvalue weighted by Gasteiger charge is -2.41. The van der Waals surface area contributed by atoms with Gasteiger partial charge < -0.3 is 120 Å². The number of benzene rings is 4. The van der Waals surface area contributed by atoms with Crippen LogP contribution in [0.4, 0.5) is 22.7 Å². The first kappa shape index (κ1) is 105. The first-order valence-electron chi connectivity index (χ1n) is 37.0. The summed E-state index contributed by atoms with van der Waals surface area (Å²) in [5, 5.41) is 112. The molecule has 7 rings (SSSR count). The molecule has 0 saturated carbocycles. The second kappa shape index (κ2) is 42.9. The van der Waals surface area contributed by atoms with Crippen molar-refractivity contribution in [1.82, 2.24) is 0 Å². The molecule has 16 atom stereocenters. The summed E-state index contributed by atoms with van der Waals surface area (Å²) in [6.45, 7) is 51.6. The zero-order valence-electron chi connectivity index (χ0n) is 69.3. The number of rotatable bonds is 23. The third kappa shape index (κ3) is 37.4. The number of hydrogen-bond donors (Lipinski definition) is 15. The van der Waals surface area contributed by atoms with Gasteiger partial charge in [-0.25, -0.2) is 14.2 Å². The molecular weight excluding hydrogens is 1480 g/mol. The van der Waals surface area contributed by atoms with Crippen molar-refractivity contribution in [3.8, 4) is 17.2 Å². The van der Waals surface area contributed by atoms with E-state index in [0.29, 0.717) is 48.3 Å². The molecule has 3 heterocycles. The van der Waals surface area contributed by atoms with Crippen molar-refractivity contribution in [1.29, 1.82) is 0 Å². The number of carboxylic acids is 2. The van der Waals surface area contributed by atoms with Crippen molar-refractivity contribution in [2.45, 2.75) is 353 Å². The van der Waals surface area contributed by atoms with E-state index in [1.165, 1.54) is 17.7 Å². The Labute approximate surface area is 672 Å². The summed E-state index contributed by atoms with van der Waals surface area (Å²) >= 11 is 0. The Kier molecular flexibility index (Phi) is 39.9. The normalized spacial score (nSPS) is 24.8. The summed E-state index contributed by atoms with van der Waals surface area (Å²) < 4.78 is 73.9. The van der Waals surface area contributed by atoms with Gasteiger partial charge >= 0.3 is 19.8 Å². The zero-order chi connectivity index (χ0) is 84.0. The molecule has 113 heavy (non-hydrogen) atoms. The van der Waals surface area contributed by atoms with Crippen LogP contribution < -0.4 is 35.5 Å². The van der Waals surface area contributed by atoms with E-state index < -0.39 is 129 Å². The van der Waals surface area contributed by atoms with E-state index in [4.69, 9.17) is 51.7 Å². The molecule has 29 nitrogen and oxygen atoms in total. The first-order chi connectivity index (χ1) is 50.0. The van der Waals surface area contributed by atoms with Crippen LogP contribution in [0.1, 0.15) is 225 Å². The van der Waals surface area contributed by atoms with Crippen LogP contribution in [0.2, 0.25) is 0 Å². The third-order valence-electron chi connectivity index (χ3n) is 15.8. The summed E-state index contributed by atoms with van der Waals surface area (Å²) in [6, 6.07) is 24.3. The fraction of sp³-hybridized carbons (Fsp3) is 0.687. The van der Waals surface area contributed by atoms with Crippen molar-refractivity contribution in [2.24, 2.45) is 11.8 Å². The van der Waals surface area contributed by atoms with E-state index in [2.05, 4.69) is 108 Å². The average molecular weight is 1630 g/mol. The van der Waals surface area contributed by atoms with Gasteiger partial charge in [0, 0.05) is 39.7 Å². The highest BCUT2D eigenvalue weighted by atomic mass is 31.2. The molecule has 3 aliphatic heterocycles. The third-order valence-corrected chi connectivity index (χ3v) is 17.0. The molecule has 16 unspecified atom stereocenters. The Hall–Kier alpha value is -6.03. The van der Waals surface area contributed by atoms with Gasteiger partial charge in [-0.1, -0.05) is 66.5 Å². The van der Waals surface area contributed by atoms with E-state index in [9.17, 15) is 70.1 Å². The Balaban J connectivity index is 0.000000763. The quantitative estimate of drug-likeness (QED) is 0.0307. The standard InChI is InChI=1S/C22H35NO7.C22H37NO6.C21H34NO11P.C15H25NO.3CH4/c1-12-16(24)17(25)18(19(26)27)30-20(12)29-15-9-8-13(11-28-22(5,6)7)10-14(15)23-21(2,3)4;1-13-18(25)19(26)17(11-24)29-20(13)28-16-9-8-14(12-27-22(5,6)7)10-15(16)23-21(2,3)4;1-20(2,3)22-12-9-11(10-30-34(28,29)33-21(4,5)6)7-8-13(12)31-19-16(25)14(23)15(24)17(32-19)18(26)27;1-14(2,3)16-13-9-7-12(8-10-13)11-17-15(4,5)6;;;/h8-10,12,16-18,20,23-25H,11H2,1-7H3,(H,26,27);8-10,13,17-20,23-26H,11-12H2,1-7H3;7-9,14-17,19,22-25H,10H2,1-6H3,(H,26,27)(H,28,29);7-10,16H,11H2,1-6H3;3*1H4. The molecule has 3 saturated heterocycles. The summed E-state index contributed by atoms with van der Waals surface area (Å²) in [5.41, 5.74) is 4.31. The van der Waals surface area contributed by atoms with Crippen LogP contribution in [0.25, 0.3) is 0 Å². The molecule has 4 aromatic rings. The fourth-order valence-electron chi connectivity index (χ4n) is 10.6. The molecule has 3 fully saturated rings. The average Bonchev–Trinajstić information content (AvgIpc) is 0.801. The minimum atomic E-state index is -4.33. The largest absolute Gasteiger partial charge is 0.479 e. The predicted molar refractivity (Wildman–Crippen MR) is 439 cm³/mol. The van der Waals surface area contributed by atoms with Crippen molar-refractivity contribution in [2.75, 3.05) is 27.9 Å². The van der Waals surface area contributed by atoms with Gasteiger partial charge in [-0.3, -0.25) is 9.05 Å². The van der Waals surface area contributed by atoms with Crippen molar-refractivity contribution < 1.29 is 122 Å². The van der Waals surface area contributed by atoms with Gasteiger partial charge in [-0.2, -0.15) is 0 Å². The molecule has 0 spiro atoms. The lowest BCUT2D eigenvalue weighted by Crippen LogP contribution is -2.61. The minimum absolute atomic E-state index is 0. The lowest BCUT2D eigenvalue weighted by atomic mass is 9.92. The van der Waals surface area contributed by atoms with Crippen LogP contribution in [0.15, 0.2) is 78.9 Å². The van der Waals surface area contributed by atoms with E-state index >= 15 is 0 Å². The minimum Gasteiger partial charge on any atom is -0.479 e. The number of carbonyl (C=O) groups is 2. The van der Waals surface area contributed by atoms with Crippen LogP contribution in [-0.2, 0) is 78.1 Å². The van der Waals surface area contributed by atoms with E-state index in [0.717, 1.165) is 22.5 Å². The molecule has 30 heteroatoms. The Morgan fingerprint density at radius 3 is 1.04 bits per heavy atom. The molecular formula is C83H143N4O25P. The Morgan fingerprint density at radius 2 is 0.708 bits per heavy atom.